The summed E-state index contributed by atoms with van der Waals surface area (Å²) in [6.45, 7) is 13.6. The van der Waals surface area contributed by atoms with E-state index in [1.807, 2.05) is 18.4 Å². The molecule has 0 aliphatic carbocycles. The van der Waals surface area contributed by atoms with E-state index in [4.69, 9.17) is 0 Å². The molecule has 6 nitrogen and oxygen atoms in total. The lowest BCUT2D eigenvalue weighted by molar-refractivity contribution is 0.0899. The maximum atomic E-state index is 4.51. The number of piperazine rings is 1. The Hall–Kier alpha value is -0.420. The molecule has 3 heterocycles. The largest absolute Gasteiger partial charge is 0.355 e. The number of rotatable bonds is 8. The Labute approximate surface area is 204 Å². The van der Waals surface area contributed by atoms with Crippen molar-refractivity contribution in [2.24, 2.45) is 10.9 Å². The highest BCUT2D eigenvalue weighted by atomic mass is 127. The van der Waals surface area contributed by atoms with E-state index in [1.165, 1.54) is 30.8 Å². The molecule has 0 bridgehead atoms. The molecule has 8 heteroatoms. The van der Waals surface area contributed by atoms with Crippen LogP contribution in [0.15, 0.2) is 22.5 Å². The summed E-state index contributed by atoms with van der Waals surface area (Å²) in [6.07, 6.45) is 2.63. The van der Waals surface area contributed by atoms with E-state index < -0.39 is 0 Å². The number of nitrogens with zero attached hydrogens (tertiary/aromatic N) is 4. The summed E-state index contributed by atoms with van der Waals surface area (Å²) < 4.78 is 0. The van der Waals surface area contributed by atoms with Crippen LogP contribution in [-0.4, -0.2) is 93.2 Å². The molecule has 30 heavy (non-hydrogen) atoms. The van der Waals surface area contributed by atoms with Gasteiger partial charge in [-0.05, 0) is 50.3 Å². The predicted octanol–water partition coefficient (Wildman–Crippen LogP) is 2.94. The van der Waals surface area contributed by atoms with Crippen molar-refractivity contribution < 1.29 is 0 Å². The van der Waals surface area contributed by atoms with Crippen LogP contribution >= 0.6 is 35.3 Å². The normalized spacial score (nSPS) is 21.4. The molecule has 2 atom stereocenters. The minimum absolute atomic E-state index is 0. The molecule has 2 fully saturated rings. The van der Waals surface area contributed by atoms with Gasteiger partial charge in [0.2, 0.25) is 0 Å². The van der Waals surface area contributed by atoms with Gasteiger partial charge in [0.05, 0.1) is 6.04 Å². The Balaban J connectivity index is 0.00000320. The van der Waals surface area contributed by atoms with Gasteiger partial charge in [0.25, 0.3) is 0 Å². The lowest BCUT2D eigenvalue weighted by Crippen LogP contribution is -2.55. The third-order valence-corrected chi connectivity index (χ3v) is 7.37. The van der Waals surface area contributed by atoms with Crippen LogP contribution in [0.4, 0.5) is 0 Å². The van der Waals surface area contributed by atoms with Gasteiger partial charge in [-0.1, -0.05) is 19.9 Å². The topological polar surface area (TPSA) is 46.1 Å². The molecule has 2 N–H and O–H groups in total. The summed E-state index contributed by atoms with van der Waals surface area (Å²) in [5, 5.41) is 9.42. The Kier molecular flexibility index (Phi) is 11.4. The summed E-state index contributed by atoms with van der Waals surface area (Å²) in [6, 6.07) is 5.41. The Morgan fingerprint density at radius 3 is 2.27 bits per heavy atom. The van der Waals surface area contributed by atoms with Crippen LogP contribution in [-0.2, 0) is 0 Å². The highest BCUT2D eigenvalue weighted by Gasteiger charge is 2.26. The third kappa shape index (κ3) is 7.32. The average Bonchev–Trinajstić information content (AvgIpc) is 3.42. The fourth-order valence-electron chi connectivity index (χ4n) is 4.50. The van der Waals surface area contributed by atoms with Gasteiger partial charge in [0, 0.05) is 57.2 Å². The van der Waals surface area contributed by atoms with Crippen LogP contribution in [0, 0.1) is 5.92 Å². The molecule has 3 rings (SSSR count). The summed E-state index contributed by atoms with van der Waals surface area (Å²) in [5.74, 6) is 1.54. The SMILES string of the molecule is CN=C(NCC(c1cccs1)N1CCCC1)NCC(C(C)C)N1CCN(C)CC1.I. The zero-order valence-electron chi connectivity index (χ0n) is 19.1. The molecule has 1 aromatic heterocycles. The molecule has 0 saturated carbocycles. The van der Waals surface area contributed by atoms with Crippen LogP contribution < -0.4 is 10.6 Å². The number of halogens is 1. The molecule has 172 valence electrons. The van der Waals surface area contributed by atoms with E-state index in [0.29, 0.717) is 18.0 Å². The number of nitrogens with one attached hydrogen (secondary N) is 2. The highest BCUT2D eigenvalue weighted by Crippen LogP contribution is 2.27. The molecule has 0 amide bonds. The fraction of sp³-hybridized carbons (Fsp3) is 0.773. The first kappa shape index (κ1) is 25.8. The van der Waals surface area contributed by atoms with Gasteiger partial charge in [-0.3, -0.25) is 14.8 Å². The molecular weight excluding hydrogens is 507 g/mol. The number of aliphatic imine (C=N–C) groups is 1. The van der Waals surface area contributed by atoms with Gasteiger partial charge in [-0.25, -0.2) is 0 Å². The van der Waals surface area contributed by atoms with Gasteiger partial charge in [-0.2, -0.15) is 0 Å². The van der Waals surface area contributed by atoms with Crippen LogP contribution in [0.25, 0.3) is 0 Å². The third-order valence-electron chi connectivity index (χ3n) is 6.39. The first-order valence-corrected chi connectivity index (χ1v) is 12.1. The summed E-state index contributed by atoms with van der Waals surface area (Å²) in [4.78, 5) is 13.6. The Bertz CT molecular complexity index is 609. The van der Waals surface area contributed by atoms with Crippen molar-refractivity contribution in [3.8, 4) is 0 Å². The minimum atomic E-state index is 0. The molecule has 0 spiro atoms. The summed E-state index contributed by atoms with van der Waals surface area (Å²) in [7, 11) is 4.10. The highest BCUT2D eigenvalue weighted by molar-refractivity contribution is 14.0. The van der Waals surface area contributed by atoms with Crippen molar-refractivity contribution in [1.82, 2.24) is 25.3 Å². The Morgan fingerprint density at radius 1 is 1.03 bits per heavy atom. The number of thiophene rings is 1. The van der Waals surface area contributed by atoms with Gasteiger partial charge in [-0.15, -0.1) is 35.3 Å². The van der Waals surface area contributed by atoms with E-state index in [9.17, 15) is 0 Å². The summed E-state index contributed by atoms with van der Waals surface area (Å²) >= 11 is 1.87. The smallest absolute Gasteiger partial charge is 0.191 e. The summed E-state index contributed by atoms with van der Waals surface area (Å²) in [5.41, 5.74) is 0. The maximum Gasteiger partial charge on any atom is 0.191 e. The van der Waals surface area contributed by atoms with Crippen LogP contribution in [0.3, 0.4) is 0 Å². The second kappa shape index (κ2) is 13.2. The molecule has 0 radical (unpaired) electrons. The van der Waals surface area contributed by atoms with Gasteiger partial charge >= 0.3 is 0 Å². The van der Waals surface area contributed by atoms with Gasteiger partial charge in [0.15, 0.2) is 5.96 Å². The molecule has 2 aliphatic heterocycles. The molecule has 2 unspecified atom stereocenters. The first-order chi connectivity index (χ1) is 14.1. The van der Waals surface area contributed by atoms with Gasteiger partial charge in [0.1, 0.15) is 0 Å². The first-order valence-electron chi connectivity index (χ1n) is 11.2. The maximum absolute atomic E-state index is 4.51. The van der Waals surface area contributed by atoms with E-state index in [1.54, 1.807) is 0 Å². The lowest BCUT2D eigenvalue weighted by Gasteiger charge is -2.40. The lowest BCUT2D eigenvalue weighted by atomic mass is 10.0. The average molecular weight is 549 g/mol. The van der Waals surface area contributed by atoms with Gasteiger partial charge < -0.3 is 15.5 Å². The monoisotopic (exact) mass is 548 g/mol. The number of likely N-dealkylation sites (N-methyl/N-ethyl adjacent to an activating group) is 1. The van der Waals surface area contributed by atoms with E-state index in [2.05, 4.69) is 68.7 Å². The van der Waals surface area contributed by atoms with Crippen molar-refractivity contribution in [2.45, 2.75) is 38.8 Å². The van der Waals surface area contributed by atoms with Crippen molar-refractivity contribution in [3.05, 3.63) is 22.4 Å². The number of guanidine groups is 1. The quantitative estimate of drug-likeness (QED) is 0.297. The van der Waals surface area contributed by atoms with Crippen molar-refractivity contribution >= 4 is 41.3 Å². The number of hydrogen-bond donors (Lipinski definition) is 2. The molecular formula is C22H41IN6S. The van der Waals surface area contributed by atoms with Crippen molar-refractivity contribution in [3.63, 3.8) is 0 Å². The second-order valence-electron chi connectivity index (χ2n) is 8.76. The Morgan fingerprint density at radius 2 is 1.70 bits per heavy atom. The number of hydrogen-bond acceptors (Lipinski definition) is 5. The molecule has 2 saturated heterocycles. The minimum Gasteiger partial charge on any atom is -0.355 e. The van der Waals surface area contributed by atoms with Crippen LogP contribution in [0.5, 0.6) is 0 Å². The van der Waals surface area contributed by atoms with Crippen molar-refractivity contribution in [1.29, 1.82) is 0 Å². The standard InChI is InChI=1S/C22H40N6S.HI/c1-18(2)19(28-13-11-26(4)12-14-28)16-24-22(23-3)25-17-20(21-8-7-15-29-21)27-9-5-6-10-27;/h7-8,15,18-20H,5-6,9-14,16-17H2,1-4H3,(H2,23,24,25);1H. The molecule has 1 aromatic rings. The number of likely N-dealkylation sites (tertiary alicyclic amines) is 1. The van der Waals surface area contributed by atoms with Crippen LogP contribution in [0.2, 0.25) is 0 Å². The van der Waals surface area contributed by atoms with Crippen molar-refractivity contribution in [2.75, 3.05) is 66.5 Å². The van der Waals surface area contributed by atoms with E-state index >= 15 is 0 Å². The second-order valence-corrected chi connectivity index (χ2v) is 9.74. The molecule has 2 aliphatic rings. The zero-order chi connectivity index (χ0) is 20.6. The zero-order valence-corrected chi connectivity index (χ0v) is 22.3. The fourth-order valence-corrected chi connectivity index (χ4v) is 5.36. The predicted molar refractivity (Wildman–Crippen MR) is 140 cm³/mol. The molecule has 0 aromatic carbocycles. The van der Waals surface area contributed by atoms with E-state index in [-0.39, 0.29) is 24.0 Å². The van der Waals surface area contributed by atoms with Crippen LogP contribution in [0.1, 0.15) is 37.6 Å². The van der Waals surface area contributed by atoms with E-state index in [0.717, 1.165) is 45.2 Å².